The average Bonchev–Trinajstić information content (AvgIpc) is 2.97. The van der Waals surface area contributed by atoms with Crippen molar-refractivity contribution in [1.82, 2.24) is 9.78 Å². The Bertz CT molecular complexity index is 640. The Morgan fingerprint density at radius 1 is 1.29 bits per heavy atom. The zero-order chi connectivity index (χ0) is 14.8. The maximum absolute atomic E-state index is 5.42. The number of fused-ring (bicyclic) bond motifs is 1. The molecule has 0 fully saturated rings. The number of rotatable bonds is 4. The van der Waals surface area contributed by atoms with Crippen molar-refractivity contribution in [2.45, 2.75) is 12.8 Å². The van der Waals surface area contributed by atoms with E-state index in [0.29, 0.717) is 0 Å². The lowest BCUT2D eigenvalue weighted by atomic mass is 9.98. The van der Waals surface area contributed by atoms with E-state index in [0.717, 1.165) is 48.2 Å². The summed E-state index contributed by atoms with van der Waals surface area (Å²) in [6.45, 7) is 0.796. The quantitative estimate of drug-likeness (QED) is 0.891. The van der Waals surface area contributed by atoms with Gasteiger partial charge in [0.1, 0.15) is 17.4 Å². The van der Waals surface area contributed by atoms with E-state index in [9.17, 15) is 0 Å². The first-order valence-corrected chi connectivity index (χ1v) is 7.01. The lowest BCUT2D eigenvalue weighted by Crippen LogP contribution is -2.17. The van der Waals surface area contributed by atoms with Gasteiger partial charge in [0, 0.05) is 26.1 Å². The summed E-state index contributed by atoms with van der Waals surface area (Å²) in [5, 5.41) is 11.0. The van der Waals surface area contributed by atoms with Crippen molar-refractivity contribution >= 4 is 17.3 Å². The monoisotopic (exact) mass is 288 g/mol. The van der Waals surface area contributed by atoms with Crippen LogP contribution in [0.2, 0.25) is 0 Å². The van der Waals surface area contributed by atoms with Crippen molar-refractivity contribution in [3.05, 3.63) is 35.3 Å². The first-order chi connectivity index (χ1) is 10.3. The molecule has 6 nitrogen and oxygen atoms in total. The summed E-state index contributed by atoms with van der Waals surface area (Å²) in [6.07, 6.45) is 5.95. The van der Waals surface area contributed by atoms with Crippen molar-refractivity contribution in [2.75, 3.05) is 38.4 Å². The van der Waals surface area contributed by atoms with Gasteiger partial charge in [-0.2, -0.15) is 0 Å². The van der Waals surface area contributed by atoms with Crippen LogP contribution in [0, 0.1) is 0 Å². The van der Waals surface area contributed by atoms with Crippen molar-refractivity contribution in [2.24, 2.45) is 0 Å². The molecule has 3 rings (SSSR count). The van der Waals surface area contributed by atoms with Gasteiger partial charge in [-0.25, -0.2) is 4.68 Å². The second-order valence-electron chi connectivity index (χ2n) is 4.91. The summed E-state index contributed by atoms with van der Waals surface area (Å²) in [4.78, 5) is 0. The molecule has 2 heterocycles. The van der Waals surface area contributed by atoms with Gasteiger partial charge in [-0.05, 0) is 24.1 Å². The van der Waals surface area contributed by atoms with E-state index < -0.39 is 0 Å². The van der Waals surface area contributed by atoms with Crippen LogP contribution in [0.25, 0.3) is 5.70 Å². The fraction of sp³-hybridized carbons (Fsp3) is 0.400. The van der Waals surface area contributed by atoms with Gasteiger partial charge in [-0.1, -0.05) is 0 Å². The van der Waals surface area contributed by atoms with Gasteiger partial charge in [-0.3, -0.25) is 0 Å². The summed E-state index contributed by atoms with van der Waals surface area (Å²) in [6, 6.07) is 2.00. The fourth-order valence-electron chi connectivity index (χ4n) is 2.68. The number of ether oxygens (including phenoxy) is 2. The molecule has 2 aliphatic rings. The van der Waals surface area contributed by atoms with Crippen LogP contribution in [0.1, 0.15) is 12.8 Å². The van der Waals surface area contributed by atoms with E-state index in [1.54, 1.807) is 14.2 Å². The molecule has 0 spiro atoms. The molecule has 0 amide bonds. The van der Waals surface area contributed by atoms with Crippen LogP contribution in [-0.4, -0.2) is 37.6 Å². The van der Waals surface area contributed by atoms with Crippen molar-refractivity contribution < 1.29 is 9.47 Å². The summed E-state index contributed by atoms with van der Waals surface area (Å²) in [5.74, 6) is 3.54. The summed E-state index contributed by atoms with van der Waals surface area (Å²) in [5.41, 5.74) is 2.32. The van der Waals surface area contributed by atoms with Crippen molar-refractivity contribution in [3.63, 3.8) is 0 Å². The molecule has 0 atom stereocenters. The highest BCUT2D eigenvalue weighted by molar-refractivity contribution is 5.73. The fourth-order valence-corrected chi connectivity index (χ4v) is 2.68. The highest BCUT2D eigenvalue weighted by atomic mass is 16.5. The summed E-state index contributed by atoms with van der Waals surface area (Å²) < 4.78 is 12.7. The minimum absolute atomic E-state index is 0.792. The Kier molecular flexibility index (Phi) is 3.60. The van der Waals surface area contributed by atoms with E-state index in [1.807, 2.05) is 23.9 Å². The first kappa shape index (κ1) is 13.6. The Morgan fingerprint density at radius 3 is 2.86 bits per heavy atom. The number of allylic oxidation sites excluding steroid dienone is 4. The van der Waals surface area contributed by atoms with Crippen LogP contribution in [0.4, 0.5) is 11.6 Å². The molecule has 0 unspecified atom stereocenters. The third-order valence-corrected chi connectivity index (χ3v) is 3.77. The summed E-state index contributed by atoms with van der Waals surface area (Å²) in [7, 11) is 5.22. The van der Waals surface area contributed by atoms with E-state index in [4.69, 9.17) is 9.47 Å². The van der Waals surface area contributed by atoms with Crippen LogP contribution in [0.15, 0.2) is 35.3 Å². The average molecular weight is 288 g/mol. The van der Waals surface area contributed by atoms with E-state index in [-0.39, 0.29) is 0 Å². The molecule has 0 aromatic carbocycles. The number of anilines is 2. The maximum atomic E-state index is 5.42. The molecule has 2 N–H and O–H groups in total. The van der Waals surface area contributed by atoms with Crippen LogP contribution in [0.5, 0.6) is 0 Å². The van der Waals surface area contributed by atoms with Gasteiger partial charge in [0.05, 0.1) is 19.9 Å². The second kappa shape index (κ2) is 5.55. The van der Waals surface area contributed by atoms with Gasteiger partial charge in [-0.15, -0.1) is 5.10 Å². The molecule has 1 aliphatic carbocycles. The molecule has 1 aliphatic heterocycles. The molecule has 112 valence electrons. The number of methoxy groups -OCH3 is 2. The molecule has 6 heteroatoms. The van der Waals surface area contributed by atoms with E-state index in [2.05, 4.69) is 21.8 Å². The smallest absolute Gasteiger partial charge is 0.156 e. The molecule has 0 radical (unpaired) electrons. The van der Waals surface area contributed by atoms with Crippen LogP contribution < -0.4 is 10.6 Å². The topological polar surface area (TPSA) is 60.3 Å². The number of nitrogens with zero attached hydrogens (tertiary/aromatic N) is 2. The molecular formula is C15H20N4O2. The highest BCUT2D eigenvalue weighted by Crippen LogP contribution is 2.34. The van der Waals surface area contributed by atoms with Gasteiger partial charge in [0.2, 0.25) is 0 Å². The minimum Gasteiger partial charge on any atom is -0.497 e. The van der Waals surface area contributed by atoms with Crippen molar-refractivity contribution in [3.8, 4) is 0 Å². The number of nitrogens with one attached hydrogen (secondary N) is 2. The molecule has 1 aromatic rings. The number of aromatic nitrogens is 2. The maximum Gasteiger partial charge on any atom is 0.156 e. The van der Waals surface area contributed by atoms with Crippen LogP contribution in [-0.2, 0) is 9.47 Å². The van der Waals surface area contributed by atoms with Crippen LogP contribution in [0.3, 0.4) is 0 Å². The van der Waals surface area contributed by atoms with Gasteiger partial charge in [0.15, 0.2) is 5.76 Å². The Morgan fingerprint density at radius 2 is 2.14 bits per heavy atom. The van der Waals surface area contributed by atoms with Gasteiger partial charge >= 0.3 is 0 Å². The number of hydrogen-bond acceptors (Lipinski definition) is 5. The largest absolute Gasteiger partial charge is 0.497 e. The van der Waals surface area contributed by atoms with E-state index in [1.165, 1.54) is 5.57 Å². The highest BCUT2D eigenvalue weighted by Gasteiger charge is 2.22. The van der Waals surface area contributed by atoms with Gasteiger partial charge in [0.25, 0.3) is 0 Å². The first-order valence-electron chi connectivity index (χ1n) is 7.01. The third-order valence-electron chi connectivity index (χ3n) is 3.77. The normalized spacial score (nSPS) is 17.5. The predicted molar refractivity (Wildman–Crippen MR) is 82.9 cm³/mol. The summed E-state index contributed by atoms with van der Waals surface area (Å²) >= 11 is 0. The molecule has 21 heavy (non-hydrogen) atoms. The van der Waals surface area contributed by atoms with E-state index >= 15 is 0 Å². The van der Waals surface area contributed by atoms with Crippen LogP contribution >= 0.6 is 0 Å². The lowest BCUT2D eigenvalue weighted by molar-refractivity contribution is 0.218. The Balaban J connectivity index is 1.98. The lowest BCUT2D eigenvalue weighted by Gasteiger charge is -2.23. The zero-order valence-electron chi connectivity index (χ0n) is 12.6. The van der Waals surface area contributed by atoms with Crippen molar-refractivity contribution in [1.29, 1.82) is 0 Å². The number of hydrogen-bond donors (Lipinski definition) is 2. The molecule has 0 bridgehead atoms. The van der Waals surface area contributed by atoms with Gasteiger partial charge < -0.3 is 20.1 Å². The third kappa shape index (κ3) is 2.37. The standard InChI is InChI=1S/C15H20N4O2/c1-16-14-9-15-17-7-6-11(19(15)18-14)10-4-5-12(20-2)13(8-10)21-3/h6,8-9,17H,4-5,7H2,1-3H3,(H,16,18). The molecule has 1 aromatic heterocycles. The molecular weight excluding hydrogens is 268 g/mol. The second-order valence-corrected chi connectivity index (χ2v) is 4.91. The Hall–Kier alpha value is -2.37. The Labute approximate surface area is 124 Å². The minimum atomic E-state index is 0.792. The predicted octanol–water partition coefficient (Wildman–Crippen LogP) is 2.42. The SMILES string of the molecule is CNc1cc2n(n1)C(C1=CC(OC)=C(OC)CC1)=CCN2. The molecule has 0 saturated heterocycles. The zero-order valence-corrected chi connectivity index (χ0v) is 12.6. The molecule has 0 saturated carbocycles.